The maximum atomic E-state index is 12.4. The topological polar surface area (TPSA) is 41.6 Å². The standard InChI is InChI=1S/C15H21BrN2O2/c1-3-20-14(19)15(8-10-18(2)11-9-15)17-13-6-4-12(16)5-7-13/h4-7,17H,3,8-11H2,1-2H3. The van der Waals surface area contributed by atoms with Crippen molar-refractivity contribution in [1.82, 2.24) is 4.90 Å². The number of ether oxygens (including phenoxy) is 1. The molecule has 20 heavy (non-hydrogen) atoms. The molecule has 1 aliphatic heterocycles. The number of benzene rings is 1. The second kappa shape index (κ2) is 6.59. The Kier molecular flexibility index (Phi) is 5.05. The Morgan fingerprint density at radius 2 is 1.95 bits per heavy atom. The van der Waals surface area contributed by atoms with Crippen LogP contribution in [-0.2, 0) is 9.53 Å². The lowest BCUT2D eigenvalue weighted by molar-refractivity contribution is -0.150. The molecule has 0 bridgehead atoms. The number of hydrogen-bond acceptors (Lipinski definition) is 4. The fourth-order valence-electron chi connectivity index (χ4n) is 2.46. The number of rotatable bonds is 4. The van der Waals surface area contributed by atoms with E-state index in [2.05, 4.69) is 33.2 Å². The number of likely N-dealkylation sites (tertiary alicyclic amines) is 1. The first-order chi connectivity index (χ1) is 9.55. The molecule has 0 radical (unpaired) electrons. The van der Waals surface area contributed by atoms with Crippen molar-refractivity contribution in [3.8, 4) is 0 Å². The lowest BCUT2D eigenvalue weighted by Gasteiger charge is -2.39. The normalized spacial score (nSPS) is 18.6. The van der Waals surface area contributed by atoms with E-state index in [1.165, 1.54) is 0 Å². The predicted molar refractivity (Wildman–Crippen MR) is 83.9 cm³/mol. The molecule has 4 nitrogen and oxygen atoms in total. The minimum Gasteiger partial charge on any atom is -0.464 e. The van der Waals surface area contributed by atoms with Gasteiger partial charge in [0, 0.05) is 23.2 Å². The van der Waals surface area contributed by atoms with Gasteiger partial charge in [-0.3, -0.25) is 0 Å². The molecule has 2 rings (SSSR count). The molecule has 1 aliphatic rings. The Morgan fingerprint density at radius 3 is 2.50 bits per heavy atom. The van der Waals surface area contributed by atoms with Gasteiger partial charge >= 0.3 is 5.97 Å². The molecule has 0 aromatic heterocycles. The largest absolute Gasteiger partial charge is 0.464 e. The van der Waals surface area contributed by atoms with Crippen molar-refractivity contribution in [2.45, 2.75) is 25.3 Å². The van der Waals surface area contributed by atoms with Gasteiger partial charge in [-0.25, -0.2) is 4.79 Å². The summed E-state index contributed by atoms with van der Waals surface area (Å²) in [5.41, 5.74) is 0.349. The predicted octanol–water partition coefficient (Wildman–Crippen LogP) is 2.89. The fourth-order valence-corrected chi connectivity index (χ4v) is 2.72. The van der Waals surface area contributed by atoms with Crippen LogP contribution in [0.15, 0.2) is 28.7 Å². The molecule has 0 amide bonds. The van der Waals surface area contributed by atoms with Crippen LogP contribution in [0.2, 0.25) is 0 Å². The SMILES string of the molecule is CCOC(=O)C1(Nc2ccc(Br)cc2)CCN(C)CC1. The van der Waals surface area contributed by atoms with Gasteiger partial charge in [-0.05, 0) is 51.1 Å². The molecule has 1 aromatic rings. The van der Waals surface area contributed by atoms with Crippen molar-refractivity contribution >= 4 is 27.6 Å². The molecule has 1 saturated heterocycles. The van der Waals surface area contributed by atoms with E-state index in [1.807, 2.05) is 31.2 Å². The Bertz CT molecular complexity index is 453. The lowest BCUT2D eigenvalue weighted by atomic mass is 9.87. The van der Waals surface area contributed by atoms with E-state index in [9.17, 15) is 4.79 Å². The summed E-state index contributed by atoms with van der Waals surface area (Å²) in [6.07, 6.45) is 1.52. The summed E-state index contributed by atoms with van der Waals surface area (Å²) < 4.78 is 6.31. The van der Waals surface area contributed by atoms with Crippen LogP contribution in [0.3, 0.4) is 0 Å². The highest BCUT2D eigenvalue weighted by Gasteiger charge is 2.42. The summed E-state index contributed by atoms with van der Waals surface area (Å²) in [5, 5.41) is 3.40. The van der Waals surface area contributed by atoms with Crippen LogP contribution in [0.4, 0.5) is 5.69 Å². The van der Waals surface area contributed by atoms with Gasteiger partial charge in [0.25, 0.3) is 0 Å². The highest BCUT2D eigenvalue weighted by atomic mass is 79.9. The summed E-state index contributed by atoms with van der Waals surface area (Å²) in [4.78, 5) is 14.6. The Hall–Kier alpha value is -1.07. The first-order valence-corrected chi connectivity index (χ1v) is 7.74. The average molecular weight is 341 g/mol. The van der Waals surface area contributed by atoms with Gasteiger partial charge in [0.2, 0.25) is 0 Å². The third kappa shape index (κ3) is 3.52. The molecule has 0 saturated carbocycles. The minimum atomic E-state index is -0.601. The van der Waals surface area contributed by atoms with Gasteiger partial charge in [0.05, 0.1) is 6.61 Å². The summed E-state index contributed by atoms with van der Waals surface area (Å²) in [6.45, 7) is 4.04. The number of carbonyl (C=O) groups excluding carboxylic acids is 1. The van der Waals surface area contributed by atoms with Crippen molar-refractivity contribution in [1.29, 1.82) is 0 Å². The lowest BCUT2D eigenvalue weighted by Crippen LogP contribution is -2.54. The zero-order chi connectivity index (χ0) is 14.6. The average Bonchev–Trinajstić information content (AvgIpc) is 2.44. The van der Waals surface area contributed by atoms with E-state index in [4.69, 9.17) is 4.74 Å². The third-order valence-electron chi connectivity index (χ3n) is 3.73. The highest BCUT2D eigenvalue weighted by molar-refractivity contribution is 9.10. The van der Waals surface area contributed by atoms with Crippen molar-refractivity contribution in [2.75, 3.05) is 32.1 Å². The zero-order valence-electron chi connectivity index (χ0n) is 12.0. The minimum absolute atomic E-state index is 0.143. The monoisotopic (exact) mass is 340 g/mol. The highest BCUT2D eigenvalue weighted by Crippen LogP contribution is 2.28. The summed E-state index contributed by atoms with van der Waals surface area (Å²) >= 11 is 3.42. The molecule has 0 spiro atoms. The Morgan fingerprint density at radius 1 is 1.35 bits per heavy atom. The van der Waals surface area contributed by atoms with E-state index < -0.39 is 5.54 Å². The van der Waals surface area contributed by atoms with E-state index in [0.717, 1.165) is 36.1 Å². The third-order valence-corrected chi connectivity index (χ3v) is 4.26. The molecule has 0 atom stereocenters. The van der Waals surface area contributed by atoms with Crippen LogP contribution in [0, 0.1) is 0 Å². The molecule has 1 N–H and O–H groups in total. The molecule has 110 valence electrons. The van der Waals surface area contributed by atoms with Gasteiger partial charge in [-0.2, -0.15) is 0 Å². The van der Waals surface area contributed by atoms with Crippen molar-refractivity contribution in [3.05, 3.63) is 28.7 Å². The summed E-state index contributed by atoms with van der Waals surface area (Å²) in [7, 11) is 2.08. The summed E-state index contributed by atoms with van der Waals surface area (Å²) in [5.74, 6) is -0.143. The number of hydrogen-bond donors (Lipinski definition) is 1. The van der Waals surface area contributed by atoms with E-state index in [0.29, 0.717) is 6.61 Å². The Labute approximate surface area is 128 Å². The van der Waals surface area contributed by atoms with Gasteiger partial charge in [-0.1, -0.05) is 15.9 Å². The van der Waals surface area contributed by atoms with Crippen LogP contribution in [0.5, 0.6) is 0 Å². The van der Waals surface area contributed by atoms with E-state index in [-0.39, 0.29) is 5.97 Å². The van der Waals surface area contributed by atoms with Crippen LogP contribution < -0.4 is 5.32 Å². The number of esters is 1. The van der Waals surface area contributed by atoms with Crippen LogP contribution in [0.1, 0.15) is 19.8 Å². The number of anilines is 1. The van der Waals surface area contributed by atoms with Crippen LogP contribution in [-0.4, -0.2) is 43.2 Å². The van der Waals surface area contributed by atoms with Crippen LogP contribution >= 0.6 is 15.9 Å². The first kappa shape index (κ1) is 15.3. The van der Waals surface area contributed by atoms with Crippen molar-refractivity contribution in [3.63, 3.8) is 0 Å². The van der Waals surface area contributed by atoms with Crippen molar-refractivity contribution in [2.24, 2.45) is 0 Å². The number of carbonyl (C=O) groups is 1. The molecular weight excluding hydrogens is 320 g/mol. The first-order valence-electron chi connectivity index (χ1n) is 6.95. The van der Waals surface area contributed by atoms with Gasteiger partial charge in [-0.15, -0.1) is 0 Å². The molecular formula is C15H21BrN2O2. The molecule has 5 heteroatoms. The maximum absolute atomic E-state index is 12.4. The molecule has 1 fully saturated rings. The molecule has 0 unspecified atom stereocenters. The smallest absolute Gasteiger partial charge is 0.331 e. The molecule has 1 heterocycles. The maximum Gasteiger partial charge on any atom is 0.331 e. The summed E-state index contributed by atoms with van der Waals surface area (Å²) in [6, 6.07) is 7.89. The van der Waals surface area contributed by atoms with Gasteiger partial charge < -0.3 is 15.0 Å². The van der Waals surface area contributed by atoms with Crippen molar-refractivity contribution < 1.29 is 9.53 Å². The zero-order valence-corrected chi connectivity index (χ0v) is 13.6. The second-order valence-electron chi connectivity index (χ2n) is 5.24. The molecule has 1 aromatic carbocycles. The Balaban J connectivity index is 2.18. The number of piperidine rings is 1. The quantitative estimate of drug-likeness (QED) is 0.855. The number of nitrogens with zero attached hydrogens (tertiary/aromatic N) is 1. The van der Waals surface area contributed by atoms with Gasteiger partial charge in [0.1, 0.15) is 5.54 Å². The number of halogens is 1. The van der Waals surface area contributed by atoms with Gasteiger partial charge in [0.15, 0.2) is 0 Å². The fraction of sp³-hybridized carbons (Fsp3) is 0.533. The van der Waals surface area contributed by atoms with E-state index in [1.54, 1.807) is 0 Å². The second-order valence-corrected chi connectivity index (χ2v) is 6.15. The molecule has 0 aliphatic carbocycles. The van der Waals surface area contributed by atoms with Crippen LogP contribution in [0.25, 0.3) is 0 Å². The number of nitrogens with one attached hydrogen (secondary N) is 1. The van der Waals surface area contributed by atoms with E-state index >= 15 is 0 Å².